The maximum atomic E-state index is 12.2. The second-order valence-corrected chi connectivity index (χ2v) is 4.74. The van der Waals surface area contributed by atoms with Gasteiger partial charge in [-0.15, -0.1) is 0 Å². The summed E-state index contributed by atoms with van der Waals surface area (Å²) in [5, 5.41) is 9.11. The lowest BCUT2D eigenvalue weighted by atomic mass is 10.2. The van der Waals surface area contributed by atoms with Crippen LogP contribution in [0.15, 0.2) is 48.7 Å². The van der Waals surface area contributed by atoms with Crippen molar-refractivity contribution in [1.29, 1.82) is 0 Å². The quantitative estimate of drug-likeness (QED) is 0.916. The van der Waals surface area contributed by atoms with E-state index in [0.717, 1.165) is 0 Å². The number of carbonyl (C=O) groups is 1. The molecule has 5 nitrogen and oxygen atoms in total. The Labute approximate surface area is 123 Å². The number of aliphatic hydroxyl groups excluding tert-OH is 1. The average Bonchev–Trinajstić information content (AvgIpc) is 2.54. The van der Waals surface area contributed by atoms with Crippen molar-refractivity contribution in [2.24, 2.45) is 0 Å². The molecular weight excluding hydrogens is 268 g/mol. The van der Waals surface area contributed by atoms with Crippen molar-refractivity contribution >= 4 is 5.91 Å². The smallest absolute Gasteiger partial charge is 0.272 e. The standard InChI is InChI=1S/C16H18N2O3/c1-12(11-19)18(2)16(20)15-10-14(8-9-17-15)21-13-6-4-3-5-7-13/h3-10,12,19H,11H2,1-2H3. The van der Waals surface area contributed by atoms with Crippen LogP contribution in [0.1, 0.15) is 17.4 Å². The number of carbonyl (C=O) groups excluding carboxylic acids is 1. The Morgan fingerprint density at radius 2 is 2.00 bits per heavy atom. The van der Waals surface area contributed by atoms with Gasteiger partial charge in [0.2, 0.25) is 0 Å². The van der Waals surface area contributed by atoms with Crippen molar-refractivity contribution in [3.63, 3.8) is 0 Å². The zero-order valence-electron chi connectivity index (χ0n) is 12.1. The number of hydrogen-bond acceptors (Lipinski definition) is 4. The summed E-state index contributed by atoms with van der Waals surface area (Å²) in [5.41, 5.74) is 0.284. The molecule has 0 radical (unpaired) electrons. The molecule has 1 aromatic heterocycles. The topological polar surface area (TPSA) is 62.7 Å². The molecular formula is C16H18N2O3. The largest absolute Gasteiger partial charge is 0.457 e. The number of rotatable bonds is 5. The van der Waals surface area contributed by atoms with E-state index in [2.05, 4.69) is 4.98 Å². The van der Waals surface area contributed by atoms with Crippen molar-refractivity contribution in [3.8, 4) is 11.5 Å². The summed E-state index contributed by atoms with van der Waals surface area (Å²) in [6.07, 6.45) is 1.53. The average molecular weight is 286 g/mol. The van der Waals surface area contributed by atoms with E-state index in [4.69, 9.17) is 9.84 Å². The van der Waals surface area contributed by atoms with Gasteiger partial charge in [-0.2, -0.15) is 0 Å². The van der Waals surface area contributed by atoms with Gasteiger partial charge in [0.15, 0.2) is 0 Å². The number of benzene rings is 1. The molecule has 1 N–H and O–H groups in total. The Morgan fingerprint density at radius 3 is 2.67 bits per heavy atom. The van der Waals surface area contributed by atoms with Crippen LogP contribution in [0.2, 0.25) is 0 Å². The van der Waals surface area contributed by atoms with Gasteiger partial charge >= 0.3 is 0 Å². The molecule has 0 aliphatic heterocycles. The van der Waals surface area contributed by atoms with Crippen LogP contribution in [0.4, 0.5) is 0 Å². The molecule has 0 aliphatic carbocycles. The summed E-state index contributed by atoms with van der Waals surface area (Å²) >= 11 is 0. The van der Waals surface area contributed by atoms with Gasteiger partial charge in [0.1, 0.15) is 17.2 Å². The molecule has 5 heteroatoms. The highest BCUT2D eigenvalue weighted by molar-refractivity contribution is 5.92. The van der Waals surface area contributed by atoms with Crippen molar-refractivity contribution < 1.29 is 14.6 Å². The van der Waals surface area contributed by atoms with Crippen molar-refractivity contribution in [3.05, 3.63) is 54.4 Å². The number of aliphatic hydroxyl groups is 1. The predicted octanol–water partition coefficient (Wildman–Crippen LogP) is 2.33. The lowest BCUT2D eigenvalue weighted by Gasteiger charge is -2.22. The van der Waals surface area contributed by atoms with E-state index in [1.807, 2.05) is 30.3 Å². The fourth-order valence-electron chi connectivity index (χ4n) is 1.72. The number of amides is 1. The first kappa shape index (κ1) is 15.0. The third-order valence-corrected chi connectivity index (χ3v) is 3.18. The highest BCUT2D eigenvalue weighted by Crippen LogP contribution is 2.21. The second kappa shape index (κ2) is 6.85. The van der Waals surface area contributed by atoms with Crippen molar-refractivity contribution in [2.75, 3.05) is 13.7 Å². The van der Waals surface area contributed by atoms with E-state index in [1.54, 1.807) is 26.1 Å². The molecule has 1 amide bonds. The molecule has 2 aromatic rings. The minimum Gasteiger partial charge on any atom is -0.457 e. The van der Waals surface area contributed by atoms with E-state index in [9.17, 15) is 4.79 Å². The lowest BCUT2D eigenvalue weighted by Crippen LogP contribution is -2.37. The number of hydrogen-bond donors (Lipinski definition) is 1. The first-order valence-electron chi connectivity index (χ1n) is 6.69. The summed E-state index contributed by atoms with van der Waals surface area (Å²) in [7, 11) is 1.63. The maximum absolute atomic E-state index is 12.2. The Hall–Kier alpha value is -2.40. The van der Waals surface area contributed by atoms with Gasteiger partial charge < -0.3 is 14.7 Å². The van der Waals surface area contributed by atoms with Crippen LogP contribution in [-0.4, -0.2) is 40.6 Å². The molecule has 0 aliphatic rings. The molecule has 0 bridgehead atoms. The molecule has 110 valence electrons. The van der Waals surface area contributed by atoms with Crippen LogP contribution in [-0.2, 0) is 0 Å². The zero-order chi connectivity index (χ0) is 15.2. The third-order valence-electron chi connectivity index (χ3n) is 3.18. The number of para-hydroxylation sites is 1. The first-order chi connectivity index (χ1) is 10.1. The minimum atomic E-state index is -0.266. The van der Waals surface area contributed by atoms with Gasteiger partial charge in [-0.05, 0) is 25.1 Å². The normalized spacial score (nSPS) is 11.8. The summed E-state index contributed by atoms with van der Waals surface area (Å²) < 4.78 is 5.68. The van der Waals surface area contributed by atoms with Crippen LogP contribution in [0.3, 0.4) is 0 Å². The maximum Gasteiger partial charge on any atom is 0.272 e. The molecule has 1 heterocycles. The SMILES string of the molecule is CC(CO)N(C)C(=O)c1cc(Oc2ccccc2)ccn1. The zero-order valence-corrected chi connectivity index (χ0v) is 12.1. The first-order valence-corrected chi connectivity index (χ1v) is 6.69. The number of likely N-dealkylation sites (N-methyl/N-ethyl adjacent to an activating group) is 1. The Kier molecular flexibility index (Phi) is 4.90. The van der Waals surface area contributed by atoms with Crippen LogP contribution in [0.5, 0.6) is 11.5 Å². The minimum absolute atomic E-state index is 0.0948. The number of nitrogens with zero attached hydrogens (tertiary/aromatic N) is 2. The molecule has 0 saturated carbocycles. The van der Waals surface area contributed by atoms with E-state index < -0.39 is 0 Å². The van der Waals surface area contributed by atoms with Gasteiger partial charge in [0, 0.05) is 19.3 Å². The molecule has 1 aromatic carbocycles. The van der Waals surface area contributed by atoms with Crippen LogP contribution in [0.25, 0.3) is 0 Å². The molecule has 1 unspecified atom stereocenters. The predicted molar refractivity (Wildman–Crippen MR) is 79.4 cm³/mol. The van der Waals surface area contributed by atoms with E-state index in [1.165, 1.54) is 11.1 Å². The van der Waals surface area contributed by atoms with Crippen molar-refractivity contribution in [1.82, 2.24) is 9.88 Å². The van der Waals surface area contributed by atoms with Gasteiger partial charge in [-0.3, -0.25) is 9.78 Å². The van der Waals surface area contributed by atoms with Crippen LogP contribution >= 0.6 is 0 Å². The van der Waals surface area contributed by atoms with Crippen LogP contribution < -0.4 is 4.74 Å². The van der Waals surface area contributed by atoms with Crippen molar-refractivity contribution in [2.45, 2.75) is 13.0 Å². The summed E-state index contributed by atoms with van der Waals surface area (Å²) in [4.78, 5) is 17.8. The summed E-state index contributed by atoms with van der Waals surface area (Å²) in [6, 6.07) is 12.3. The fourth-order valence-corrected chi connectivity index (χ4v) is 1.72. The summed E-state index contributed by atoms with van der Waals surface area (Å²) in [5.74, 6) is 0.985. The molecule has 21 heavy (non-hydrogen) atoms. The number of ether oxygens (including phenoxy) is 1. The Morgan fingerprint density at radius 1 is 1.29 bits per heavy atom. The summed E-state index contributed by atoms with van der Waals surface area (Å²) in [6.45, 7) is 1.67. The fraction of sp³-hybridized carbons (Fsp3) is 0.250. The molecule has 0 spiro atoms. The molecule has 1 atom stereocenters. The lowest BCUT2D eigenvalue weighted by molar-refractivity contribution is 0.0676. The van der Waals surface area contributed by atoms with Gasteiger partial charge in [0.25, 0.3) is 5.91 Å². The number of pyridine rings is 1. The highest BCUT2D eigenvalue weighted by atomic mass is 16.5. The Balaban J connectivity index is 2.16. The van der Waals surface area contributed by atoms with E-state index >= 15 is 0 Å². The number of aromatic nitrogens is 1. The van der Waals surface area contributed by atoms with Gasteiger partial charge in [-0.25, -0.2) is 0 Å². The molecule has 2 rings (SSSR count). The third kappa shape index (κ3) is 3.79. The van der Waals surface area contributed by atoms with Gasteiger partial charge in [0.05, 0.1) is 12.6 Å². The molecule has 0 saturated heterocycles. The van der Waals surface area contributed by atoms with Gasteiger partial charge in [-0.1, -0.05) is 18.2 Å². The highest BCUT2D eigenvalue weighted by Gasteiger charge is 2.18. The van der Waals surface area contributed by atoms with E-state index in [-0.39, 0.29) is 24.2 Å². The second-order valence-electron chi connectivity index (χ2n) is 4.74. The van der Waals surface area contributed by atoms with E-state index in [0.29, 0.717) is 11.5 Å². The monoisotopic (exact) mass is 286 g/mol. The Bertz CT molecular complexity index is 601. The van der Waals surface area contributed by atoms with Crippen LogP contribution in [0, 0.1) is 0 Å². The molecule has 0 fully saturated rings.